The second-order valence-electron chi connectivity index (χ2n) is 3.67. The summed E-state index contributed by atoms with van der Waals surface area (Å²) in [5.74, 6) is -1.82. The van der Waals surface area contributed by atoms with Gasteiger partial charge in [0, 0.05) is 6.07 Å². The van der Waals surface area contributed by atoms with Gasteiger partial charge in [-0.25, -0.2) is 0 Å². The van der Waals surface area contributed by atoms with Crippen LogP contribution >= 0.6 is 0 Å². The Bertz CT molecular complexity index is 528. The van der Waals surface area contributed by atoms with Crippen molar-refractivity contribution in [1.82, 2.24) is 5.32 Å². The summed E-state index contributed by atoms with van der Waals surface area (Å²) in [6.07, 6.45) is 0. The number of carbonyl (C=O) groups is 2. The fourth-order valence-electron chi connectivity index (χ4n) is 1.32. The predicted molar refractivity (Wildman–Crippen MR) is 64.2 cm³/mol. The fraction of sp³-hybridized carbons (Fsp3) is 0.273. The van der Waals surface area contributed by atoms with Crippen LogP contribution in [0.15, 0.2) is 18.2 Å². The Kier molecular flexibility index (Phi) is 4.41. The van der Waals surface area contributed by atoms with Crippen molar-refractivity contribution in [2.75, 3.05) is 7.11 Å². The van der Waals surface area contributed by atoms with Crippen LogP contribution in [0.1, 0.15) is 17.3 Å². The highest BCUT2D eigenvalue weighted by molar-refractivity contribution is 6.00. The van der Waals surface area contributed by atoms with Crippen molar-refractivity contribution in [1.29, 1.82) is 0 Å². The summed E-state index contributed by atoms with van der Waals surface area (Å²) in [5, 5.41) is 21.6. The maximum atomic E-state index is 11.8. The topological polar surface area (TPSA) is 119 Å². The zero-order chi connectivity index (χ0) is 14.6. The third-order valence-electron chi connectivity index (χ3n) is 2.36. The van der Waals surface area contributed by atoms with Gasteiger partial charge < -0.3 is 15.2 Å². The SMILES string of the molecule is COc1ccc([N+](=O)[O-])c(C(=O)N[C@H](C)C(=O)O)c1. The summed E-state index contributed by atoms with van der Waals surface area (Å²) in [6, 6.07) is 2.50. The monoisotopic (exact) mass is 268 g/mol. The third kappa shape index (κ3) is 3.41. The molecule has 0 spiro atoms. The molecule has 0 saturated carbocycles. The van der Waals surface area contributed by atoms with Crippen LogP contribution in [-0.2, 0) is 4.79 Å². The van der Waals surface area contributed by atoms with E-state index in [0.29, 0.717) is 0 Å². The molecule has 8 nitrogen and oxygen atoms in total. The molecule has 0 saturated heterocycles. The normalized spacial score (nSPS) is 11.5. The van der Waals surface area contributed by atoms with Gasteiger partial charge in [0.15, 0.2) is 0 Å². The Balaban J connectivity index is 3.12. The molecule has 1 amide bonds. The van der Waals surface area contributed by atoms with Crippen molar-refractivity contribution < 1.29 is 24.4 Å². The number of nitro groups is 1. The number of carboxylic acid groups (broad SMARTS) is 1. The van der Waals surface area contributed by atoms with E-state index in [1.165, 1.54) is 26.2 Å². The van der Waals surface area contributed by atoms with Crippen LogP contribution in [0.3, 0.4) is 0 Å². The number of hydrogen-bond donors (Lipinski definition) is 2. The number of carboxylic acids is 1. The minimum absolute atomic E-state index is 0.252. The molecule has 0 heterocycles. The molecule has 0 unspecified atom stereocenters. The summed E-state index contributed by atoms with van der Waals surface area (Å²) in [4.78, 5) is 32.5. The van der Waals surface area contributed by atoms with E-state index in [9.17, 15) is 19.7 Å². The van der Waals surface area contributed by atoms with Gasteiger partial charge in [0.1, 0.15) is 17.4 Å². The molecular formula is C11H12N2O6. The number of rotatable bonds is 5. The Morgan fingerprint density at radius 3 is 2.58 bits per heavy atom. The molecule has 0 bridgehead atoms. The highest BCUT2D eigenvalue weighted by Gasteiger charge is 2.23. The van der Waals surface area contributed by atoms with E-state index < -0.39 is 28.5 Å². The Morgan fingerprint density at radius 1 is 1.47 bits per heavy atom. The molecule has 0 aliphatic heterocycles. The van der Waals surface area contributed by atoms with Gasteiger partial charge in [-0.3, -0.25) is 19.7 Å². The summed E-state index contributed by atoms with van der Waals surface area (Å²) < 4.78 is 4.87. The molecule has 0 aliphatic carbocycles. The lowest BCUT2D eigenvalue weighted by molar-refractivity contribution is -0.385. The zero-order valence-corrected chi connectivity index (χ0v) is 10.2. The number of nitrogens with zero attached hydrogens (tertiary/aromatic N) is 1. The summed E-state index contributed by atoms with van der Waals surface area (Å²) >= 11 is 0. The highest BCUT2D eigenvalue weighted by atomic mass is 16.6. The van der Waals surface area contributed by atoms with Gasteiger partial charge in [-0.1, -0.05) is 0 Å². The second kappa shape index (κ2) is 5.80. The molecule has 1 aromatic carbocycles. The van der Waals surface area contributed by atoms with Crippen molar-refractivity contribution in [2.45, 2.75) is 13.0 Å². The molecule has 1 atom stereocenters. The van der Waals surface area contributed by atoms with Crippen molar-refractivity contribution in [2.24, 2.45) is 0 Å². The molecular weight excluding hydrogens is 256 g/mol. The first kappa shape index (κ1) is 14.4. The first-order valence-corrected chi connectivity index (χ1v) is 5.23. The molecule has 0 fully saturated rings. The first-order chi connectivity index (χ1) is 8.86. The molecule has 19 heavy (non-hydrogen) atoms. The molecule has 0 radical (unpaired) electrons. The van der Waals surface area contributed by atoms with Crippen LogP contribution < -0.4 is 10.1 Å². The maximum absolute atomic E-state index is 11.8. The van der Waals surface area contributed by atoms with Crippen LogP contribution in [0.4, 0.5) is 5.69 Å². The largest absolute Gasteiger partial charge is 0.497 e. The van der Waals surface area contributed by atoms with Crippen LogP contribution in [0, 0.1) is 10.1 Å². The fourth-order valence-corrected chi connectivity index (χ4v) is 1.32. The number of amides is 1. The maximum Gasteiger partial charge on any atom is 0.325 e. The van der Waals surface area contributed by atoms with E-state index in [0.717, 1.165) is 6.07 Å². The lowest BCUT2D eigenvalue weighted by atomic mass is 10.1. The minimum Gasteiger partial charge on any atom is -0.497 e. The van der Waals surface area contributed by atoms with E-state index >= 15 is 0 Å². The molecule has 0 aliphatic rings. The number of benzene rings is 1. The number of methoxy groups -OCH3 is 1. The number of nitrogens with one attached hydrogen (secondary N) is 1. The van der Waals surface area contributed by atoms with Crippen LogP contribution in [-0.4, -0.2) is 35.1 Å². The Labute approximate surface area is 108 Å². The van der Waals surface area contributed by atoms with E-state index in [1.54, 1.807) is 0 Å². The van der Waals surface area contributed by atoms with Crippen molar-refractivity contribution in [3.63, 3.8) is 0 Å². The van der Waals surface area contributed by atoms with Gasteiger partial charge in [-0.05, 0) is 19.1 Å². The van der Waals surface area contributed by atoms with Crippen molar-refractivity contribution in [3.05, 3.63) is 33.9 Å². The Morgan fingerprint density at radius 2 is 2.11 bits per heavy atom. The van der Waals surface area contributed by atoms with Crippen LogP contribution in [0.2, 0.25) is 0 Å². The standard InChI is InChI=1S/C11H12N2O6/c1-6(11(15)16)12-10(14)8-5-7(19-2)3-4-9(8)13(17)18/h3-6H,1-2H3,(H,12,14)(H,15,16)/t6-/m1/s1. The van der Waals surface area contributed by atoms with Gasteiger partial charge in [-0.15, -0.1) is 0 Å². The third-order valence-corrected chi connectivity index (χ3v) is 2.36. The summed E-state index contributed by atoms with van der Waals surface area (Å²) in [5.41, 5.74) is -0.673. The lowest BCUT2D eigenvalue weighted by Gasteiger charge is -2.10. The van der Waals surface area contributed by atoms with E-state index in [1.807, 2.05) is 0 Å². The van der Waals surface area contributed by atoms with Gasteiger partial charge in [-0.2, -0.15) is 0 Å². The average Bonchev–Trinajstić information content (AvgIpc) is 2.37. The molecule has 1 rings (SSSR count). The van der Waals surface area contributed by atoms with Crippen molar-refractivity contribution in [3.8, 4) is 5.75 Å². The summed E-state index contributed by atoms with van der Waals surface area (Å²) in [7, 11) is 1.35. The molecule has 0 aromatic heterocycles. The number of carbonyl (C=O) groups excluding carboxylic acids is 1. The van der Waals surface area contributed by atoms with E-state index in [2.05, 4.69) is 5.32 Å². The van der Waals surface area contributed by atoms with E-state index in [4.69, 9.17) is 9.84 Å². The first-order valence-electron chi connectivity index (χ1n) is 5.23. The Hall–Kier alpha value is -2.64. The van der Waals surface area contributed by atoms with Crippen LogP contribution in [0.5, 0.6) is 5.75 Å². The molecule has 2 N–H and O–H groups in total. The number of ether oxygens (including phenoxy) is 1. The van der Waals surface area contributed by atoms with Gasteiger partial charge in [0.25, 0.3) is 11.6 Å². The number of nitro benzene ring substituents is 1. The number of hydrogen-bond acceptors (Lipinski definition) is 5. The second-order valence-corrected chi connectivity index (χ2v) is 3.67. The van der Waals surface area contributed by atoms with Crippen LogP contribution in [0.25, 0.3) is 0 Å². The highest BCUT2D eigenvalue weighted by Crippen LogP contribution is 2.23. The average molecular weight is 268 g/mol. The predicted octanol–water partition coefficient (Wildman–Crippen LogP) is 0.806. The minimum atomic E-state index is -1.24. The van der Waals surface area contributed by atoms with Gasteiger partial charge >= 0.3 is 5.97 Å². The number of aliphatic carboxylic acids is 1. The zero-order valence-electron chi connectivity index (χ0n) is 10.2. The lowest BCUT2D eigenvalue weighted by Crippen LogP contribution is -2.38. The van der Waals surface area contributed by atoms with Crippen molar-refractivity contribution >= 4 is 17.6 Å². The molecule has 1 aromatic rings. The smallest absolute Gasteiger partial charge is 0.325 e. The summed E-state index contributed by atoms with van der Waals surface area (Å²) in [6.45, 7) is 1.26. The molecule has 8 heteroatoms. The van der Waals surface area contributed by atoms with Gasteiger partial charge in [0.05, 0.1) is 12.0 Å². The molecule has 102 valence electrons. The van der Waals surface area contributed by atoms with E-state index in [-0.39, 0.29) is 11.3 Å². The van der Waals surface area contributed by atoms with Gasteiger partial charge in [0.2, 0.25) is 0 Å². The quantitative estimate of drug-likeness (QED) is 0.602.